The molecule has 104 valence electrons. The van der Waals surface area contributed by atoms with Crippen LogP contribution in [0.15, 0.2) is 48.5 Å². The minimum atomic E-state index is 0.652. The molecule has 0 N–H and O–H groups in total. The molecule has 1 heteroatoms. The fourth-order valence-electron chi connectivity index (χ4n) is 3.37. The van der Waals surface area contributed by atoms with Gasteiger partial charge < -0.3 is 4.90 Å². The molecule has 0 saturated heterocycles. The van der Waals surface area contributed by atoms with Crippen molar-refractivity contribution < 1.29 is 0 Å². The number of hydrogen-bond donors (Lipinski definition) is 0. The van der Waals surface area contributed by atoms with Gasteiger partial charge in [0.2, 0.25) is 0 Å². The van der Waals surface area contributed by atoms with Crippen molar-refractivity contribution in [3.05, 3.63) is 59.7 Å². The molecule has 0 amide bonds. The molecule has 1 nitrogen and oxygen atoms in total. The monoisotopic (exact) mass is 265 g/mol. The zero-order chi connectivity index (χ0) is 13.9. The van der Waals surface area contributed by atoms with Gasteiger partial charge in [-0.1, -0.05) is 48.7 Å². The van der Waals surface area contributed by atoms with Crippen LogP contribution in [-0.4, -0.2) is 6.04 Å². The summed E-state index contributed by atoms with van der Waals surface area (Å²) in [5, 5.41) is 0. The quantitative estimate of drug-likeness (QED) is 0.719. The van der Waals surface area contributed by atoms with E-state index in [0.29, 0.717) is 6.04 Å². The molecular weight excluding hydrogens is 242 g/mol. The van der Waals surface area contributed by atoms with Crippen molar-refractivity contribution >= 4 is 11.4 Å². The molecule has 20 heavy (non-hydrogen) atoms. The summed E-state index contributed by atoms with van der Waals surface area (Å²) in [5.41, 5.74) is 5.41. The molecule has 0 unspecified atom stereocenters. The van der Waals surface area contributed by atoms with E-state index in [1.807, 2.05) is 0 Å². The minimum Gasteiger partial charge on any atom is -0.338 e. The smallest absolute Gasteiger partial charge is 0.0443 e. The molecule has 0 spiro atoms. The van der Waals surface area contributed by atoms with E-state index in [-0.39, 0.29) is 0 Å². The molecule has 0 radical (unpaired) electrons. The SMILES string of the molecule is Cc1ccc(N(c2ccccc2)C2CCCC2)c(C)c1. The number of hydrogen-bond acceptors (Lipinski definition) is 1. The Balaban J connectivity index is 2.05. The Morgan fingerprint density at radius 3 is 2.25 bits per heavy atom. The van der Waals surface area contributed by atoms with Crippen LogP contribution >= 0.6 is 0 Å². The molecule has 1 fully saturated rings. The van der Waals surface area contributed by atoms with Crippen molar-refractivity contribution in [3.8, 4) is 0 Å². The maximum Gasteiger partial charge on any atom is 0.0443 e. The predicted molar refractivity (Wildman–Crippen MR) is 86.8 cm³/mol. The van der Waals surface area contributed by atoms with Crippen LogP contribution in [0.5, 0.6) is 0 Å². The van der Waals surface area contributed by atoms with Crippen LogP contribution in [0.3, 0.4) is 0 Å². The molecule has 3 rings (SSSR count). The lowest BCUT2D eigenvalue weighted by atomic mass is 10.1. The van der Waals surface area contributed by atoms with Gasteiger partial charge in [0, 0.05) is 17.4 Å². The topological polar surface area (TPSA) is 3.24 Å². The van der Waals surface area contributed by atoms with Crippen molar-refractivity contribution in [2.75, 3.05) is 4.90 Å². The van der Waals surface area contributed by atoms with Gasteiger partial charge in [-0.3, -0.25) is 0 Å². The number of nitrogens with zero attached hydrogens (tertiary/aromatic N) is 1. The fraction of sp³-hybridized carbons (Fsp3) is 0.368. The number of benzene rings is 2. The van der Waals surface area contributed by atoms with Crippen LogP contribution in [0.4, 0.5) is 11.4 Å². The first-order valence-electron chi connectivity index (χ1n) is 7.67. The van der Waals surface area contributed by atoms with Gasteiger partial charge in [-0.25, -0.2) is 0 Å². The van der Waals surface area contributed by atoms with Crippen molar-refractivity contribution in [1.29, 1.82) is 0 Å². The third kappa shape index (κ3) is 2.58. The zero-order valence-electron chi connectivity index (χ0n) is 12.5. The maximum atomic E-state index is 2.56. The van der Waals surface area contributed by atoms with Crippen molar-refractivity contribution in [3.63, 3.8) is 0 Å². The Bertz CT molecular complexity index is 568. The van der Waals surface area contributed by atoms with Crippen LogP contribution in [0.2, 0.25) is 0 Å². The van der Waals surface area contributed by atoms with Crippen molar-refractivity contribution in [2.24, 2.45) is 0 Å². The van der Waals surface area contributed by atoms with Crippen molar-refractivity contribution in [2.45, 2.75) is 45.6 Å². The molecule has 1 aliphatic carbocycles. The van der Waals surface area contributed by atoms with Gasteiger partial charge in [0.15, 0.2) is 0 Å². The Kier molecular flexibility index (Phi) is 3.77. The molecule has 2 aromatic carbocycles. The molecule has 2 aromatic rings. The second kappa shape index (κ2) is 5.70. The highest BCUT2D eigenvalue weighted by Gasteiger charge is 2.25. The van der Waals surface area contributed by atoms with Crippen molar-refractivity contribution in [1.82, 2.24) is 0 Å². The standard InChI is InChI=1S/C19H23N/c1-15-12-13-19(16(2)14-15)20(18-10-6-7-11-18)17-8-4-3-5-9-17/h3-5,8-9,12-14,18H,6-7,10-11H2,1-2H3. The van der Waals surface area contributed by atoms with Gasteiger partial charge in [-0.05, 0) is 50.5 Å². The Morgan fingerprint density at radius 1 is 0.900 bits per heavy atom. The lowest BCUT2D eigenvalue weighted by molar-refractivity contribution is 0.676. The third-order valence-electron chi connectivity index (χ3n) is 4.34. The molecular formula is C19H23N. The molecule has 0 bridgehead atoms. The molecule has 0 aromatic heterocycles. The summed E-state index contributed by atoms with van der Waals surface area (Å²) in [7, 11) is 0. The van der Waals surface area contributed by atoms with Crippen LogP contribution in [0.1, 0.15) is 36.8 Å². The average Bonchev–Trinajstić information content (AvgIpc) is 2.97. The van der Waals surface area contributed by atoms with E-state index in [4.69, 9.17) is 0 Å². The van der Waals surface area contributed by atoms with Crippen LogP contribution in [0.25, 0.3) is 0 Å². The largest absolute Gasteiger partial charge is 0.338 e. The lowest BCUT2D eigenvalue weighted by Crippen LogP contribution is -2.29. The van der Waals surface area contributed by atoms with Crippen LogP contribution in [-0.2, 0) is 0 Å². The fourth-order valence-corrected chi connectivity index (χ4v) is 3.37. The normalized spacial score (nSPS) is 15.5. The lowest BCUT2D eigenvalue weighted by Gasteiger charge is -2.32. The second-order valence-corrected chi connectivity index (χ2v) is 5.93. The van der Waals surface area contributed by atoms with E-state index in [1.165, 1.54) is 48.2 Å². The van der Waals surface area contributed by atoms with E-state index in [1.54, 1.807) is 0 Å². The molecule has 1 aliphatic rings. The minimum absolute atomic E-state index is 0.652. The van der Waals surface area contributed by atoms with E-state index in [9.17, 15) is 0 Å². The molecule has 0 aliphatic heterocycles. The van der Waals surface area contributed by atoms with E-state index in [0.717, 1.165) is 0 Å². The first-order chi connectivity index (χ1) is 9.75. The number of anilines is 2. The van der Waals surface area contributed by atoms with E-state index < -0.39 is 0 Å². The highest BCUT2D eigenvalue weighted by atomic mass is 15.2. The summed E-state index contributed by atoms with van der Waals surface area (Å²) in [6, 6.07) is 18.3. The van der Waals surface area contributed by atoms with Gasteiger partial charge in [-0.2, -0.15) is 0 Å². The Labute approximate surface area is 122 Å². The van der Waals surface area contributed by atoms with Crippen LogP contribution < -0.4 is 4.90 Å². The zero-order valence-corrected chi connectivity index (χ0v) is 12.5. The number of para-hydroxylation sites is 1. The van der Waals surface area contributed by atoms with Gasteiger partial charge in [0.1, 0.15) is 0 Å². The van der Waals surface area contributed by atoms with Gasteiger partial charge >= 0.3 is 0 Å². The molecule has 1 saturated carbocycles. The van der Waals surface area contributed by atoms with E-state index >= 15 is 0 Å². The highest BCUT2D eigenvalue weighted by molar-refractivity contribution is 5.67. The summed E-state index contributed by atoms with van der Waals surface area (Å²) in [5.74, 6) is 0. The third-order valence-corrected chi connectivity index (χ3v) is 4.34. The summed E-state index contributed by atoms with van der Waals surface area (Å²) in [6.07, 6.45) is 5.34. The van der Waals surface area contributed by atoms with Gasteiger partial charge in [0.05, 0.1) is 0 Å². The summed E-state index contributed by atoms with van der Waals surface area (Å²) in [6.45, 7) is 4.40. The first kappa shape index (κ1) is 13.2. The summed E-state index contributed by atoms with van der Waals surface area (Å²) in [4.78, 5) is 2.56. The first-order valence-corrected chi connectivity index (χ1v) is 7.67. The maximum absolute atomic E-state index is 2.56. The van der Waals surface area contributed by atoms with Crippen LogP contribution in [0, 0.1) is 13.8 Å². The van der Waals surface area contributed by atoms with Gasteiger partial charge in [0.25, 0.3) is 0 Å². The Morgan fingerprint density at radius 2 is 1.60 bits per heavy atom. The summed E-state index contributed by atoms with van der Waals surface area (Å²) >= 11 is 0. The predicted octanol–water partition coefficient (Wildman–Crippen LogP) is 5.38. The van der Waals surface area contributed by atoms with Gasteiger partial charge in [-0.15, -0.1) is 0 Å². The summed E-state index contributed by atoms with van der Waals surface area (Å²) < 4.78 is 0. The number of aryl methyl sites for hydroxylation is 2. The van der Waals surface area contributed by atoms with E-state index in [2.05, 4.69) is 67.3 Å². The Hall–Kier alpha value is -1.76. The molecule has 0 atom stereocenters. The number of rotatable bonds is 3. The molecule has 0 heterocycles. The highest BCUT2D eigenvalue weighted by Crippen LogP contribution is 2.36. The average molecular weight is 265 g/mol. The second-order valence-electron chi connectivity index (χ2n) is 5.93.